The standard InChI is InChI=1S/C11H10N4.C2H6/c1-3-5-9(4-2)14-10-6-7-13-11(8-12)15-10;1-2/h3-7H,1-2H2,(H,13,14,15);1-2H3/b9-5+;. The molecule has 1 rings (SSSR count). The van der Waals surface area contributed by atoms with Gasteiger partial charge in [0.05, 0.1) is 0 Å². The van der Waals surface area contributed by atoms with Crippen LogP contribution in [0.3, 0.4) is 0 Å². The van der Waals surface area contributed by atoms with Crippen LogP contribution in [0.1, 0.15) is 19.7 Å². The fourth-order valence-corrected chi connectivity index (χ4v) is 0.918. The Kier molecular flexibility index (Phi) is 7.61. The van der Waals surface area contributed by atoms with Crippen molar-refractivity contribution in [1.82, 2.24) is 9.97 Å². The topological polar surface area (TPSA) is 61.6 Å². The summed E-state index contributed by atoms with van der Waals surface area (Å²) in [4.78, 5) is 7.71. The van der Waals surface area contributed by atoms with Crippen LogP contribution in [0.5, 0.6) is 0 Å². The summed E-state index contributed by atoms with van der Waals surface area (Å²) in [6, 6.07) is 3.53. The van der Waals surface area contributed by atoms with Crippen LogP contribution >= 0.6 is 0 Å². The molecule has 0 saturated heterocycles. The highest BCUT2D eigenvalue weighted by Gasteiger charge is 1.97. The van der Waals surface area contributed by atoms with Crippen molar-refractivity contribution in [2.75, 3.05) is 5.32 Å². The first-order chi connectivity index (χ1) is 8.30. The van der Waals surface area contributed by atoms with Gasteiger partial charge in [-0.15, -0.1) is 0 Å². The lowest BCUT2D eigenvalue weighted by Crippen LogP contribution is -2.00. The lowest BCUT2D eigenvalue weighted by molar-refractivity contribution is 1.11. The lowest BCUT2D eigenvalue weighted by Gasteiger charge is -2.04. The first-order valence-electron chi connectivity index (χ1n) is 5.25. The Labute approximate surface area is 102 Å². The molecule has 0 atom stereocenters. The Bertz CT molecular complexity index is 441. The molecule has 0 amide bonds. The summed E-state index contributed by atoms with van der Waals surface area (Å²) >= 11 is 0. The molecule has 0 aliphatic rings. The molecule has 1 heterocycles. The van der Waals surface area contributed by atoms with Crippen molar-refractivity contribution in [1.29, 1.82) is 5.26 Å². The van der Waals surface area contributed by atoms with Gasteiger partial charge in [-0.05, 0) is 18.2 Å². The first kappa shape index (κ1) is 14.6. The van der Waals surface area contributed by atoms with Crippen LogP contribution < -0.4 is 5.32 Å². The summed E-state index contributed by atoms with van der Waals surface area (Å²) in [7, 11) is 0. The molecule has 1 aromatic heterocycles. The van der Waals surface area contributed by atoms with Crippen LogP contribution in [0.25, 0.3) is 0 Å². The van der Waals surface area contributed by atoms with Gasteiger partial charge in [0.2, 0.25) is 5.82 Å². The van der Waals surface area contributed by atoms with E-state index in [0.717, 1.165) is 5.70 Å². The van der Waals surface area contributed by atoms with E-state index in [1.165, 1.54) is 6.20 Å². The molecule has 0 bridgehead atoms. The summed E-state index contributed by atoms with van der Waals surface area (Å²) in [6.45, 7) is 11.2. The third-order valence-corrected chi connectivity index (χ3v) is 1.55. The van der Waals surface area contributed by atoms with Crippen molar-refractivity contribution in [3.63, 3.8) is 0 Å². The molecule has 0 aromatic carbocycles. The van der Waals surface area contributed by atoms with Crippen molar-refractivity contribution in [3.8, 4) is 6.07 Å². The number of nitrogens with one attached hydrogen (secondary N) is 1. The monoisotopic (exact) mass is 228 g/mol. The minimum absolute atomic E-state index is 0.127. The summed E-state index contributed by atoms with van der Waals surface area (Å²) in [6.07, 6.45) is 6.54. The number of nitrogens with zero attached hydrogens (tertiary/aromatic N) is 3. The van der Waals surface area contributed by atoms with Crippen LogP contribution in [0.2, 0.25) is 0 Å². The number of allylic oxidation sites excluding steroid dienone is 3. The normalized spacial score (nSPS) is 9.35. The molecule has 4 nitrogen and oxygen atoms in total. The van der Waals surface area contributed by atoms with Crippen LogP contribution in [0, 0.1) is 11.3 Å². The predicted molar refractivity (Wildman–Crippen MR) is 70.2 cm³/mol. The molecule has 0 radical (unpaired) electrons. The molecule has 0 fully saturated rings. The fourth-order valence-electron chi connectivity index (χ4n) is 0.918. The number of hydrogen-bond donors (Lipinski definition) is 1. The van der Waals surface area contributed by atoms with Gasteiger partial charge in [0, 0.05) is 11.9 Å². The zero-order chi connectivity index (χ0) is 13.1. The maximum atomic E-state index is 8.60. The van der Waals surface area contributed by atoms with Gasteiger partial charge < -0.3 is 5.32 Å². The van der Waals surface area contributed by atoms with Crippen LogP contribution in [-0.4, -0.2) is 9.97 Å². The average molecular weight is 228 g/mol. The van der Waals surface area contributed by atoms with E-state index in [1.807, 2.05) is 19.9 Å². The molecule has 88 valence electrons. The third-order valence-electron chi connectivity index (χ3n) is 1.55. The molecule has 1 aromatic rings. The van der Waals surface area contributed by atoms with Crippen molar-refractivity contribution >= 4 is 5.82 Å². The Morgan fingerprint density at radius 1 is 1.47 bits per heavy atom. The minimum Gasteiger partial charge on any atom is -0.340 e. The molecule has 0 aliphatic carbocycles. The summed E-state index contributed by atoms with van der Waals surface area (Å²) in [5.41, 5.74) is 0.757. The van der Waals surface area contributed by atoms with Gasteiger partial charge in [-0.2, -0.15) is 5.26 Å². The van der Waals surface area contributed by atoms with Gasteiger partial charge >= 0.3 is 0 Å². The highest BCUT2D eigenvalue weighted by Crippen LogP contribution is 2.06. The van der Waals surface area contributed by atoms with E-state index in [0.29, 0.717) is 5.82 Å². The van der Waals surface area contributed by atoms with E-state index in [9.17, 15) is 0 Å². The Hall–Kier alpha value is -2.41. The smallest absolute Gasteiger partial charge is 0.234 e. The van der Waals surface area contributed by atoms with Crippen LogP contribution in [0.15, 0.2) is 49.3 Å². The second kappa shape index (κ2) is 8.86. The minimum atomic E-state index is 0.127. The number of aromatic nitrogens is 2. The Morgan fingerprint density at radius 3 is 2.71 bits per heavy atom. The van der Waals surface area contributed by atoms with Gasteiger partial charge in [-0.1, -0.05) is 33.1 Å². The maximum Gasteiger partial charge on any atom is 0.234 e. The van der Waals surface area contributed by atoms with Gasteiger partial charge in [0.25, 0.3) is 0 Å². The van der Waals surface area contributed by atoms with Gasteiger partial charge in [0.1, 0.15) is 11.9 Å². The van der Waals surface area contributed by atoms with Gasteiger partial charge in [-0.3, -0.25) is 0 Å². The van der Waals surface area contributed by atoms with Crippen molar-refractivity contribution in [2.24, 2.45) is 0 Å². The largest absolute Gasteiger partial charge is 0.340 e. The molecular formula is C13H16N4. The van der Waals surface area contributed by atoms with Crippen molar-refractivity contribution in [2.45, 2.75) is 13.8 Å². The van der Waals surface area contributed by atoms with Crippen molar-refractivity contribution < 1.29 is 0 Å². The molecule has 4 heteroatoms. The van der Waals surface area contributed by atoms with Gasteiger partial charge in [-0.25, -0.2) is 9.97 Å². The maximum absolute atomic E-state index is 8.60. The number of anilines is 1. The van der Waals surface area contributed by atoms with Gasteiger partial charge in [0.15, 0.2) is 0 Å². The Balaban J connectivity index is 0.00000121. The second-order valence-corrected chi connectivity index (χ2v) is 2.56. The highest BCUT2D eigenvalue weighted by molar-refractivity contribution is 5.45. The first-order valence-corrected chi connectivity index (χ1v) is 5.25. The van der Waals surface area contributed by atoms with Crippen LogP contribution in [-0.2, 0) is 0 Å². The molecule has 0 saturated carbocycles. The van der Waals surface area contributed by atoms with Crippen molar-refractivity contribution in [3.05, 3.63) is 55.2 Å². The van der Waals surface area contributed by atoms with E-state index in [-0.39, 0.29) is 5.82 Å². The molecular weight excluding hydrogens is 212 g/mol. The van der Waals surface area contributed by atoms with E-state index in [1.54, 1.807) is 24.3 Å². The molecule has 1 N–H and O–H groups in total. The summed E-state index contributed by atoms with van der Waals surface area (Å²) in [5, 5.41) is 11.6. The van der Waals surface area contributed by atoms with E-state index in [4.69, 9.17) is 5.26 Å². The quantitative estimate of drug-likeness (QED) is 0.804. The summed E-state index contributed by atoms with van der Waals surface area (Å²) < 4.78 is 0. The van der Waals surface area contributed by atoms with E-state index < -0.39 is 0 Å². The molecule has 17 heavy (non-hydrogen) atoms. The molecule has 0 unspecified atom stereocenters. The second-order valence-electron chi connectivity index (χ2n) is 2.56. The van der Waals surface area contributed by atoms with E-state index >= 15 is 0 Å². The SMILES string of the molecule is C=C/C=C(\C=C)Nc1ccnc(C#N)n1.CC. The Morgan fingerprint density at radius 2 is 2.18 bits per heavy atom. The van der Waals surface area contributed by atoms with E-state index in [2.05, 4.69) is 28.4 Å². The predicted octanol–water partition coefficient (Wildman–Crippen LogP) is 3.04. The number of rotatable bonds is 4. The number of hydrogen-bond acceptors (Lipinski definition) is 4. The zero-order valence-electron chi connectivity index (χ0n) is 10.1. The zero-order valence-corrected chi connectivity index (χ0v) is 10.1. The summed E-state index contributed by atoms with van der Waals surface area (Å²) in [5.74, 6) is 0.677. The third kappa shape index (κ3) is 5.28. The highest BCUT2D eigenvalue weighted by atomic mass is 15.0. The molecule has 0 aliphatic heterocycles. The number of nitriles is 1. The average Bonchev–Trinajstić information content (AvgIpc) is 2.40. The fraction of sp³-hybridized carbons (Fsp3) is 0.154. The van der Waals surface area contributed by atoms with Crippen LogP contribution in [0.4, 0.5) is 5.82 Å². The molecule has 0 spiro atoms. The lowest BCUT2D eigenvalue weighted by atomic mass is 10.3.